The summed E-state index contributed by atoms with van der Waals surface area (Å²) in [6.07, 6.45) is 1.86. The normalized spacial score (nSPS) is 11.0. The van der Waals surface area contributed by atoms with E-state index in [0.717, 1.165) is 10.9 Å². The second-order valence-corrected chi connectivity index (χ2v) is 7.84. The summed E-state index contributed by atoms with van der Waals surface area (Å²) < 4.78 is 35.0. The molecule has 0 fully saturated rings. The lowest BCUT2D eigenvalue weighted by Gasteiger charge is -2.12. The number of nitrogens with zero attached hydrogens (tertiary/aromatic N) is 2. The van der Waals surface area contributed by atoms with E-state index < -0.39 is 11.8 Å². The molecule has 0 aliphatic rings. The van der Waals surface area contributed by atoms with Crippen LogP contribution in [0.5, 0.6) is 5.75 Å². The van der Waals surface area contributed by atoms with Gasteiger partial charge in [-0.3, -0.25) is 0 Å². The van der Waals surface area contributed by atoms with Crippen LogP contribution in [-0.4, -0.2) is 34.2 Å². The molecular formula is C23H19F2N3O3S. The van der Waals surface area contributed by atoms with Crippen molar-refractivity contribution < 1.29 is 23.4 Å². The summed E-state index contributed by atoms with van der Waals surface area (Å²) in [4.78, 5) is 19.6. The molecule has 0 atom stereocenters. The first-order valence-electron chi connectivity index (χ1n) is 9.88. The second kappa shape index (κ2) is 9.27. The summed E-state index contributed by atoms with van der Waals surface area (Å²) in [7, 11) is 0. The lowest BCUT2D eigenvalue weighted by molar-refractivity contribution is 0.0691. The molecule has 0 spiro atoms. The van der Waals surface area contributed by atoms with Gasteiger partial charge in [0.2, 0.25) is 0 Å². The Balaban J connectivity index is 1.52. The van der Waals surface area contributed by atoms with Crippen LogP contribution in [-0.2, 0) is 6.42 Å². The highest BCUT2D eigenvalue weighted by Crippen LogP contribution is 2.32. The van der Waals surface area contributed by atoms with Crippen LogP contribution in [0.4, 0.5) is 14.6 Å². The SMILES string of the molecule is CCOc1c(C(=O)O)ccc(-c2cc(NCCc3cc(F)c4sccc4c3)ncn2)c1F. The Morgan fingerprint density at radius 3 is 2.81 bits per heavy atom. The van der Waals surface area contributed by atoms with Gasteiger partial charge < -0.3 is 15.2 Å². The molecule has 6 nitrogen and oxygen atoms in total. The molecule has 0 aliphatic heterocycles. The van der Waals surface area contributed by atoms with Crippen molar-refractivity contribution in [1.29, 1.82) is 0 Å². The van der Waals surface area contributed by atoms with Crippen LogP contribution in [0.25, 0.3) is 21.3 Å². The van der Waals surface area contributed by atoms with E-state index in [-0.39, 0.29) is 35.0 Å². The minimum Gasteiger partial charge on any atom is -0.490 e. The van der Waals surface area contributed by atoms with Gasteiger partial charge in [0.05, 0.1) is 17.0 Å². The summed E-state index contributed by atoms with van der Waals surface area (Å²) in [5, 5.41) is 15.1. The molecule has 4 aromatic rings. The van der Waals surface area contributed by atoms with Crippen molar-refractivity contribution >= 4 is 33.2 Å². The number of anilines is 1. The molecule has 0 bridgehead atoms. The third kappa shape index (κ3) is 4.38. The Hall–Kier alpha value is -3.59. The van der Waals surface area contributed by atoms with Crippen molar-refractivity contribution in [3.8, 4) is 17.0 Å². The Kier molecular flexibility index (Phi) is 6.27. The number of carbonyl (C=O) groups is 1. The number of hydrogen-bond donors (Lipinski definition) is 2. The van der Waals surface area contributed by atoms with Crippen LogP contribution in [0, 0.1) is 11.6 Å². The predicted molar refractivity (Wildman–Crippen MR) is 120 cm³/mol. The fourth-order valence-electron chi connectivity index (χ4n) is 3.38. The number of aromatic carboxylic acids is 1. The summed E-state index contributed by atoms with van der Waals surface area (Å²) in [5.74, 6) is -2.16. The van der Waals surface area contributed by atoms with Crippen molar-refractivity contribution in [2.24, 2.45) is 0 Å². The maximum Gasteiger partial charge on any atom is 0.339 e. The minimum absolute atomic E-state index is 0.105. The lowest BCUT2D eigenvalue weighted by atomic mass is 10.1. The molecule has 32 heavy (non-hydrogen) atoms. The number of thiophene rings is 1. The average molecular weight is 455 g/mol. The lowest BCUT2D eigenvalue weighted by Crippen LogP contribution is -2.08. The standard InChI is InChI=1S/C23H19F2N3O3S/c1-2-31-21-16(23(29)30)4-3-15(20(21)25)18-11-19(28-12-27-18)26-7-5-13-9-14-6-8-32-22(14)17(24)10-13/h3-4,6,8-12H,2,5,7H2,1H3,(H,29,30)(H,26,27,28). The van der Waals surface area contributed by atoms with E-state index in [9.17, 15) is 14.3 Å². The molecule has 0 saturated carbocycles. The van der Waals surface area contributed by atoms with E-state index in [1.54, 1.807) is 13.0 Å². The summed E-state index contributed by atoms with van der Waals surface area (Å²) in [6.45, 7) is 2.25. The number of aromatic nitrogens is 2. The Morgan fingerprint density at radius 2 is 2.03 bits per heavy atom. The molecule has 2 heterocycles. The van der Waals surface area contributed by atoms with Gasteiger partial charge in [0.25, 0.3) is 0 Å². The first-order valence-corrected chi connectivity index (χ1v) is 10.8. The van der Waals surface area contributed by atoms with Gasteiger partial charge in [0.1, 0.15) is 23.5 Å². The number of benzene rings is 2. The van der Waals surface area contributed by atoms with E-state index in [2.05, 4.69) is 15.3 Å². The molecule has 0 radical (unpaired) electrons. The number of fused-ring (bicyclic) bond motifs is 1. The first kappa shape index (κ1) is 21.6. The number of carboxylic acid groups (broad SMARTS) is 1. The Labute approximate surface area is 186 Å². The van der Waals surface area contributed by atoms with Crippen molar-refractivity contribution in [2.45, 2.75) is 13.3 Å². The van der Waals surface area contributed by atoms with Gasteiger partial charge in [0, 0.05) is 18.2 Å². The topological polar surface area (TPSA) is 84.3 Å². The van der Waals surface area contributed by atoms with Crippen LogP contribution in [0.2, 0.25) is 0 Å². The van der Waals surface area contributed by atoms with E-state index in [1.807, 2.05) is 17.5 Å². The first-order chi connectivity index (χ1) is 15.5. The predicted octanol–water partition coefficient (Wildman–Crippen LogP) is 5.39. The van der Waals surface area contributed by atoms with Crippen molar-refractivity contribution in [3.63, 3.8) is 0 Å². The fourth-order valence-corrected chi connectivity index (χ4v) is 4.17. The van der Waals surface area contributed by atoms with E-state index in [0.29, 0.717) is 23.5 Å². The summed E-state index contributed by atoms with van der Waals surface area (Å²) in [5.41, 5.74) is 0.986. The zero-order valence-corrected chi connectivity index (χ0v) is 17.9. The fraction of sp³-hybridized carbons (Fsp3) is 0.174. The molecule has 2 N–H and O–H groups in total. The van der Waals surface area contributed by atoms with Gasteiger partial charge in [-0.15, -0.1) is 11.3 Å². The maximum absolute atomic E-state index is 15.0. The Bertz CT molecular complexity index is 1290. The molecule has 0 amide bonds. The summed E-state index contributed by atoms with van der Waals surface area (Å²) >= 11 is 1.37. The molecule has 0 saturated heterocycles. The molecule has 164 valence electrons. The number of hydrogen-bond acceptors (Lipinski definition) is 6. The van der Waals surface area contributed by atoms with Gasteiger partial charge in [-0.1, -0.05) is 6.07 Å². The smallest absolute Gasteiger partial charge is 0.339 e. The molecule has 0 unspecified atom stereocenters. The molecule has 0 aliphatic carbocycles. The third-order valence-corrected chi connectivity index (χ3v) is 5.78. The molecule has 2 aromatic carbocycles. The van der Waals surface area contributed by atoms with Crippen molar-refractivity contribution in [1.82, 2.24) is 9.97 Å². The quantitative estimate of drug-likeness (QED) is 0.371. The molecule has 4 rings (SSSR count). The van der Waals surface area contributed by atoms with Crippen LogP contribution in [0.3, 0.4) is 0 Å². The van der Waals surface area contributed by atoms with Crippen LogP contribution in [0.15, 0.2) is 48.1 Å². The monoisotopic (exact) mass is 455 g/mol. The molecular weight excluding hydrogens is 436 g/mol. The highest BCUT2D eigenvalue weighted by Gasteiger charge is 2.21. The zero-order valence-electron chi connectivity index (χ0n) is 17.1. The van der Waals surface area contributed by atoms with Gasteiger partial charge in [0.15, 0.2) is 11.6 Å². The third-order valence-electron chi connectivity index (χ3n) is 4.84. The van der Waals surface area contributed by atoms with E-state index >= 15 is 4.39 Å². The van der Waals surface area contributed by atoms with Crippen LogP contribution < -0.4 is 10.1 Å². The van der Waals surface area contributed by atoms with Gasteiger partial charge in [-0.2, -0.15) is 0 Å². The van der Waals surface area contributed by atoms with E-state index in [4.69, 9.17) is 4.74 Å². The average Bonchev–Trinajstić information content (AvgIpc) is 3.24. The molecule has 9 heteroatoms. The molecule has 2 aromatic heterocycles. The summed E-state index contributed by atoms with van der Waals surface area (Å²) in [6, 6.07) is 9.58. The highest BCUT2D eigenvalue weighted by atomic mass is 32.1. The minimum atomic E-state index is -1.28. The maximum atomic E-state index is 15.0. The van der Waals surface area contributed by atoms with Gasteiger partial charge >= 0.3 is 5.97 Å². The zero-order chi connectivity index (χ0) is 22.7. The van der Waals surface area contributed by atoms with Crippen LogP contribution >= 0.6 is 11.3 Å². The van der Waals surface area contributed by atoms with Crippen molar-refractivity contribution in [3.05, 3.63) is 70.9 Å². The van der Waals surface area contributed by atoms with Crippen LogP contribution in [0.1, 0.15) is 22.8 Å². The van der Waals surface area contributed by atoms with E-state index in [1.165, 1.54) is 35.9 Å². The van der Waals surface area contributed by atoms with Gasteiger partial charge in [-0.05, 0) is 53.9 Å². The largest absolute Gasteiger partial charge is 0.490 e. The highest BCUT2D eigenvalue weighted by molar-refractivity contribution is 7.17. The number of carboxylic acids is 1. The Morgan fingerprint density at radius 1 is 1.19 bits per heavy atom. The number of nitrogens with one attached hydrogen (secondary N) is 1. The van der Waals surface area contributed by atoms with Gasteiger partial charge in [-0.25, -0.2) is 23.5 Å². The number of halogens is 2. The number of ether oxygens (including phenoxy) is 1. The number of rotatable bonds is 8. The van der Waals surface area contributed by atoms with Crippen molar-refractivity contribution in [2.75, 3.05) is 18.5 Å². The second-order valence-electron chi connectivity index (χ2n) is 6.92.